The zero-order chi connectivity index (χ0) is 16.8. The van der Waals surface area contributed by atoms with Crippen LogP contribution in [0.4, 0.5) is 5.69 Å². The number of nitrogens with zero attached hydrogens (tertiary/aromatic N) is 2. The van der Waals surface area contributed by atoms with Crippen molar-refractivity contribution in [2.24, 2.45) is 0 Å². The van der Waals surface area contributed by atoms with Gasteiger partial charge < -0.3 is 19.9 Å². The highest BCUT2D eigenvalue weighted by Crippen LogP contribution is 2.14. The van der Waals surface area contributed by atoms with E-state index in [-0.39, 0.29) is 24.3 Å². The molecule has 0 unspecified atom stereocenters. The number of rotatable bonds is 4. The molecular formula is C16H21N3O4. The molecule has 0 saturated carbocycles. The molecule has 3 amide bonds. The topological polar surface area (TPSA) is 79.0 Å². The van der Waals surface area contributed by atoms with Crippen LogP contribution in [0.2, 0.25) is 0 Å². The summed E-state index contributed by atoms with van der Waals surface area (Å²) in [5, 5.41) is 2.66. The van der Waals surface area contributed by atoms with Crippen molar-refractivity contribution in [2.45, 2.75) is 6.92 Å². The maximum atomic E-state index is 12.5. The van der Waals surface area contributed by atoms with Crippen molar-refractivity contribution in [3.05, 3.63) is 29.8 Å². The Labute approximate surface area is 135 Å². The lowest BCUT2D eigenvalue weighted by molar-refractivity contribution is -0.136. The number of hydrogen-bond acceptors (Lipinski definition) is 4. The Bertz CT molecular complexity index is 595. The Morgan fingerprint density at radius 2 is 1.78 bits per heavy atom. The number of methoxy groups -OCH3 is 1. The molecule has 0 spiro atoms. The van der Waals surface area contributed by atoms with E-state index in [1.807, 2.05) is 0 Å². The van der Waals surface area contributed by atoms with Crippen LogP contribution in [0.1, 0.15) is 17.3 Å². The molecule has 2 rings (SSSR count). The summed E-state index contributed by atoms with van der Waals surface area (Å²) in [6, 6.07) is 6.85. The molecule has 1 aliphatic heterocycles. The van der Waals surface area contributed by atoms with Gasteiger partial charge in [0.1, 0.15) is 6.61 Å². The quantitative estimate of drug-likeness (QED) is 0.880. The number of carbonyl (C=O) groups excluding carboxylic acids is 3. The molecular weight excluding hydrogens is 298 g/mol. The fourth-order valence-electron chi connectivity index (χ4n) is 2.49. The van der Waals surface area contributed by atoms with Gasteiger partial charge in [0.2, 0.25) is 11.8 Å². The summed E-state index contributed by atoms with van der Waals surface area (Å²) in [6.07, 6.45) is 0. The van der Waals surface area contributed by atoms with E-state index in [2.05, 4.69) is 5.32 Å². The highest BCUT2D eigenvalue weighted by Gasteiger charge is 2.24. The molecule has 1 N–H and O–H groups in total. The van der Waals surface area contributed by atoms with E-state index in [9.17, 15) is 14.4 Å². The summed E-state index contributed by atoms with van der Waals surface area (Å²) in [5.74, 6) is -0.344. The van der Waals surface area contributed by atoms with Gasteiger partial charge in [0, 0.05) is 51.5 Å². The molecule has 7 heteroatoms. The highest BCUT2D eigenvalue weighted by atomic mass is 16.5. The number of benzene rings is 1. The standard InChI is InChI=1S/C16H21N3O4/c1-12(20)17-14-5-3-4-13(10-14)16(22)19-8-6-18(7-9-19)15(21)11-23-2/h3-5,10H,6-9,11H2,1-2H3,(H,17,20). The van der Waals surface area contributed by atoms with E-state index >= 15 is 0 Å². The molecule has 0 radical (unpaired) electrons. The van der Waals surface area contributed by atoms with E-state index in [1.165, 1.54) is 14.0 Å². The van der Waals surface area contributed by atoms with E-state index in [1.54, 1.807) is 34.1 Å². The molecule has 0 aliphatic carbocycles. The second-order valence-electron chi connectivity index (χ2n) is 5.37. The first-order valence-electron chi connectivity index (χ1n) is 7.45. The van der Waals surface area contributed by atoms with Crippen LogP contribution in [0.3, 0.4) is 0 Å². The molecule has 7 nitrogen and oxygen atoms in total. The Hall–Kier alpha value is -2.41. The molecule has 1 saturated heterocycles. The van der Waals surface area contributed by atoms with Crippen LogP contribution in [-0.4, -0.2) is 67.4 Å². The molecule has 1 aromatic rings. The molecule has 0 aromatic heterocycles. The zero-order valence-electron chi connectivity index (χ0n) is 13.4. The smallest absolute Gasteiger partial charge is 0.254 e. The first-order chi connectivity index (χ1) is 11.0. The van der Waals surface area contributed by atoms with Crippen molar-refractivity contribution in [3.8, 4) is 0 Å². The first kappa shape index (κ1) is 17.0. The van der Waals surface area contributed by atoms with Gasteiger partial charge in [-0.05, 0) is 18.2 Å². The second kappa shape index (κ2) is 7.73. The Morgan fingerprint density at radius 1 is 1.13 bits per heavy atom. The number of ether oxygens (including phenoxy) is 1. The van der Waals surface area contributed by atoms with Crippen LogP contribution < -0.4 is 5.32 Å². The molecule has 23 heavy (non-hydrogen) atoms. The number of anilines is 1. The molecule has 0 bridgehead atoms. The number of piperazine rings is 1. The van der Waals surface area contributed by atoms with Crippen molar-refractivity contribution in [3.63, 3.8) is 0 Å². The monoisotopic (exact) mass is 319 g/mol. The predicted molar refractivity (Wildman–Crippen MR) is 85.1 cm³/mol. The fraction of sp³-hybridized carbons (Fsp3) is 0.438. The van der Waals surface area contributed by atoms with Gasteiger partial charge in [-0.1, -0.05) is 6.07 Å². The van der Waals surface area contributed by atoms with Crippen molar-refractivity contribution in [1.82, 2.24) is 9.80 Å². The number of carbonyl (C=O) groups is 3. The minimum absolute atomic E-state index is 0.0622. The van der Waals surface area contributed by atoms with Gasteiger partial charge in [-0.3, -0.25) is 14.4 Å². The van der Waals surface area contributed by atoms with Crippen LogP contribution in [0.5, 0.6) is 0 Å². The minimum Gasteiger partial charge on any atom is -0.375 e. The van der Waals surface area contributed by atoms with Gasteiger partial charge in [-0.15, -0.1) is 0 Å². The second-order valence-corrected chi connectivity index (χ2v) is 5.37. The van der Waals surface area contributed by atoms with Crippen LogP contribution >= 0.6 is 0 Å². The predicted octanol–water partition coefficient (Wildman–Crippen LogP) is 0.576. The van der Waals surface area contributed by atoms with Gasteiger partial charge in [-0.2, -0.15) is 0 Å². The average molecular weight is 319 g/mol. The number of amides is 3. The van der Waals surface area contributed by atoms with Gasteiger partial charge >= 0.3 is 0 Å². The normalized spacial score (nSPS) is 14.5. The Balaban J connectivity index is 1.97. The van der Waals surface area contributed by atoms with Gasteiger partial charge in [0.05, 0.1) is 0 Å². The SMILES string of the molecule is COCC(=O)N1CCN(C(=O)c2cccc(NC(C)=O)c2)CC1. The molecule has 1 fully saturated rings. The average Bonchev–Trinajstić information content (AvgIpc) is 2.54. The number of nitrogens with one attached hydrogen (secondary N) is 1. The lowest BCUT2D eigenvalue weighted by atomic mass is 10.1. The number of hydrogen-bond donors (Lipinski definition) is 1. The minimum atomic E-state index is -0.181. The van der Waals surface area contributed by atoms with E-state index in [4.69, 9.17) is 4.74 Å². The van der Waals surface area contributed by atoms with Gasteiger partial charge in [-0.25, -0.2) is 0 Å². The lowest BCUT2D eigenvalue weighted by Gasteiger charge is -2.34. The third-order valence-corrected chi connectivity index (χ3v) is 3.62. The Kier molecular flexibility index (Phi) is 5.70. The Morgan fingerprint density at radius 3 is 2.39 bits per heavy atom. The summed E-state index contributed by atoms with van der Waals surface area (Å²) in [5.41, 5.74) is 1.12. The summed E-state index contributed by atoms with van der Waals surface area (Å²) in [7, 11) is 1.49. The summed E-state index contributed by atoms with van der Waals surface area (Å²) >= 11 is 0. The van der Waals surface area contributed by atoms with Crippen molar-refractivity contribution >= 4 is 23.4 Å². The molecule has 124 valence electrons. The van der Waals surface area contributed by atoms with E-state index in [0.29, 0.717) is 37.4 Å². The third-order valence-electron chi connectivity index (χ3n) is 3.62. The molecule has 0 atom stereocenters. The summed E-state index contributed by atoms with van der Waals surface area (Å²) < 4.78 is 4.84. The van der Waals surface area contributed by atoms with Crippen molar-refractivity contribution in [1.29, 1.82) is 0 Å². The van der Waals surface area contributed by atoms with Gasteiger partial charge in [0.15, 0.2) is 0 Å². The molecule has 1 heterocycles. The summed E-state index contributed by atoms with van der Waals surface area (Å²) in [4.78, 5) is 38.8. The summed E-state index contributed by atoms with van der Waals surface area (Å²) in [6.45, 7) is 3.45. The maximum absolute atomic E-state index is 12.5. The van der Waals surface area contributed by atoms with E-state index in [0.717, 1.165) is 0 Å². The van der Waals surface area contributed by atoms with Gasteiger partial charge in [0.25, 0.3) is 5.91 Å². The highest BCUT2D eigenvalue weighted by molar-refractivity contribution is 5.97. The third kappa shape index (κ3) is 4.53. The van der Waals surface area contributed by atoms with Crippen molar-refractivity contribution < 1.29 is 19.1 Å². The lowest BCUT2D eigenvalue weighted by Crippen LogP contribution is -2.51. The van der Waals surface area contributed by atoms with Crippen LogP contribution in [-0.2, 0) is 14.3 Å². The van der Waals surface area contributed by atoms with Crippen molar-refractivity contribution in [2.75, 3.05) is 45.2 Å². The first-order valence-corrected chi connectivity index (χ1v) is 7.45. The zero-order valence-corrected chi connectivity index (χ0v) is 13.4. The largest absolute Gasteiger partial charge is 0.375 e. The molecule has 1 aliphatic rings. The van der Waals surface area contributed by atoms with Crippen LogP contribution in [0.15, 0.2) is 24.3 Å². The van der Waals surface area contributed by atoms with E-state index < -0.39 is 0 Å². The molecule has 1 aromatic carbocycles. The van der Waals surface area contributed by atoms with Crippen LogP contribution in [0.25, 0.3) is 0 Å². The van der Waals surface area contributed by atoms with Crippen LogP contribution in [0, 0.1) is 0 Å². The maximum Gasteiger partial charge on any atom is 0.254 e. The fourth-order valence-corrected chi connectivity index (χ4v) is 2.49.